The summed E-state index contributed by atoms with van der Waals surface area (Å²) in [6.07, 6.45) is 1.37. The molecule has 0 radical (unpaired) electrons. The molecule has 5 heteroatoms. The Morgan fingerprint density at radius 3 is 2.37 bits per heavy atom. The molecule has 0 heterocycles. The van der Waals surface area contributed by atoms with Gasteiger partial charge in [0.25, 0.3) is 0 Å². The highest BCUT2D eigenvalue weighted by molar-refractivity contribution is 5.86. The molecule has 0 aliphatic rings. The van der Waals surface area contributed by atoms with Gasteiger partial charge in [-0.15, -0.1) is 0 Å². The number of benzene rings is 2. The van der Waals surface area contributed by atoms with Gasteiger partial charge >= 0.3 is 6.09 Å². The molecule has 0 aliphatic carbocycles. The molecule has 0 fully saturated rings. The molecular formula is C22H29NO4. The first-order valence-corrected chi connectivity index (χ1v) is 9.38. The maximum atomic E-state index is 11.7. The highest BCUT2D eigenvalue weighted by Gasteiger charge is 2.14. The van der Waals surface area contributed by atoms with Crippen LogP contribution in [-0.4, -0.2) is 19.8 Å². The van der Waals surface area contributed by atoms with E-state index in [1.54, 1.807) is 0 Å². The lowest BCUT2D eigenvalue weighted by molar-refractivity contribution is 0.187. The van der Waals surface area contributed by atoms with Crippen LogP contribution in [-0.2, 0) is 24.2 Å². The predicted molar refractivity (Wildman–Crippen MR) is 108 cm³/mol. The third kappa shape index (κ3) is 5.16. The highest BCUT2D eigenvalue weighted by atomic mass is 16.5. The van der Waals surface area contributed by atoms with Crippen molar-refractivity contribution in [2.45, 2.75) is 47.1 Å². The van der Waals surface area contributed by atoms with E-state index < -0.39 is 6.09 Å². The highest BCUT2D eigenvalue weighted by Crippen LogP contribution is 2.31. The fourth-order valence-corrected chi connectivity index (χ4v) is 3.00. The number of amides is 1. The Balaban J connectivity index is 2.33. The molecule has 1 N–H and O–H groups in total. The second-order valence-electron chi connectivity index (χ2n) is 6.21. The number of hydrogen-bond donors (Lipinski definition) is 1. The molecule has 0 spiro atoms. The average Bonchev–Trinajstić information content (AvgIpc) is 2.67. The molecule has 0 saturated heterocycles. The summed E-state index contributed by atoms with van der Waals surface area (Å²) in [4.78, 5) is 11.7. The molecule has 5 nitrogen and oxygen atoms in total. The first-order chi connectivity index (χ1) is 13.0. The summed E-state index contributed by atoms with van der Waals surface area (Å²) in [5, 5.41) is 2.73. The maximum Gasteiger partial charge on any atom is 0.411 e. The molecule has 2 aromatic carbocycles. The lowest BCUT2D eigenvalue weighted by Crippen LogP contribution is -2.14. The van der Waals surface area contributed by atoms with Crippen LogP contribution in [0.5, 0.6) is 11.5 Å². The van der Waals surface area contributed by atoms with E-state index in [0.717, 1.165) is 24.2 Å². The molecule has 2 aromatic rings. The average molecular weight is 371 g/mol. The van der Waals surface area contributed by atoms with Gasteiger partial charge in [0.2, 0.25) is 0 Å². The largest absolute Gasteiger partial charge is 0.493 e. The number of nitrogens with one attached hydrogen (secondary N) is 1. The minimum atomic E-state index is -0.526. The Bertz CT molecular complexity index is 786. The first kappa shape index (κ1) is 20.6. The van der Waals surface area contributed by atoms with Gasteiger partial charge in [-0.1, -0.05) is 26.0 Å². The normalized spacial score (nSPS) is 10.4. The number of carbonyl (C=O) groups excluding carboxylic acids is 1. The molecule has 0 saturated carbocycles. The molecule has 1 amide bonds. The third-order valence-electron chi connectivity index (χ3n) is 4.51. The number of hydrogen-bond acceptors (Lipinski definition) is 4. The summed E-state index contributed by atoms with van der Waals surface area (Å²) in [7, 11) is 1.34. The topological polar surface area (TPSA) is 56.8 Å². The summed E-state index contributed by atoms with van der Waals surface area (Å²) in [5.74, 6) is 1.55. The van der Waals surface area contributed by atoms with Crippen LogP contribution in [0.15, 0.2) is 30.3 Å². The lowest BCUT2D eigenvalue weighted by atomic mass is 10.0. The molecule has 2 rings (SSSR count). The second-order valence-corrected chi connectivity index (χ2v) is 6.21. The van der Waals surface area contributed by atoms with Crippen LogP contribution in [0.25, 0.3) is 0 Å². The summed E-state index contributed by atoms with van der Waals surface area (Å²) < 4.78 is 16.6. The zero-order valence-electron chi connectivity index (χ0n) is 16.8. The van der Waals surface area contributed by atoms with Crippen LogP contribution in [0, 0.1) is 6.92 Å². The first-order valence-electron chi connectivity index (χ1n) is 9.38. The Hall–Kier alpha value is -2.69. The van der Waals surface area contributed by atoms with Crippen LogP contribution < -0.4 is 14.8 Å². The fraction of sp³-hybridized carbons (Fsp3) is 0.409. The molecule has 0 aromatic heterocycles. The van der Waals surface area contributed by atoms with Crippen molar-refractivity contribution in [3.8, 4) is 11.5 Å². The number of anilines is 1. The van der Waals surface area contributed by atoms with Gasteiger partial charge in [-0.05, 0) is 61.6 Å². The Morgan fingerprint density at radius 2 is 1.74 bits per heavy atom. The smallest absolute Gasteiger partial charge is 0.411 e. The van der Waals surface area contributed by atoms with E-state index in [1.165, 1.54) is 23.8 Å². The van der Waals surface area contributed by atoms with Crippen LogP contribution in [0.2, 0.25) is 0 Å². The van der Waals surface area contributed by atoms with E-state index in [9.17, 15) is 4.79 Å². The number of rotatable bonds is 8. The SMILES string of the molecule is CCOc1cccc(NC(=O)OC)c1COc1cc(C)c(CC)cc1CC. The molecule has 0 bridgehead atoms. The van der Waals surface area contributed by atoms with E-state index in [0.29, 0.717) is 18.0 Å². The standard InChI is InChI=1S/C22H29NO4/c1-6-16-13-17(7-2)21(12-15(16)4)27-14-18-19(23-22(24)25-5)10-9-11-20(18)26-8-3/h9-13H,6-8,14H2,1-5H3,(H,23,24). The zero-order chi connectivity index (χ0) is 19.8. The van der Waals surface area contributed by atoms with E-state index in [-0.39, 0.29) is 6.61 Å². The quantitative estimate of drug-likeness (QED) is 0.686. The predicted octanol–water partition coefficient (Wildman–Crippen LogP) is 5.28. The van der Waals surface area contributed by atoms with Crippen molar-refractivity contribution in [3.63, 3.8) is 0 Å². The molecule has 0 unspecified atom stereocenters. The Kier molecular flexibility index (Phi) is 7.53. The molecule has 146 valence electrons. The summed E-state index contributed by atoms with van der Waals surface area (Å²) in [6.45, 7) is 9.12. The molecule has 27 heavy (non-hydrogen) atoms. The minimum Gasteiger partial charge on any atom is -0.493 e. The number of aryl methyl sites for hydroxylation is 3. The van der Waals surface area contributed by atoms with E-state index in [2.05, 4.69) is 38.2 Å². The Morgan fingerprint density at radius 1 is 1.00 bits per heavy atom. The summed E-state index contributed by atoms with van der Waals surface area (Å²) in [5.41, 5.74) is 5.13. The van der Waals surface area contributed by atoms with Gasteiger partial charge in [0.15, 0.2) is 0 Å². The van der Waals surface area contributed by atoms with Crippen LogP contribution >= 0.6 is 0 Å². The van der Waals surface area contributed by atoms with Crippen molar-refractivity contribution < 1.29 is 19.0 Å². The monoisotopic (exact) mass is 371 g/mol. The fourth-order valence-electron chi connectivity index (χ4n) is 3.00. The van der Waals surface area contributed by atoms with Crippen molar-refractivity contribution in [1.29, 1.82) is 0 Å². The van der Waals surface area contributed by atoms with Crippen molar-refractivity contribution in [1.82, 2.24) is 0 Å². The zero-order valence-corrected chi connectivity index (χ0v) is 16.8. The van der Waals surface area contributed by atoms with Crippen LogP contribution in [0.3, 0.4) is 0 Å². The lowest BCUT2D eigenvalue weighted by Gasteiger charge is -2.18. The van der Waals surface area contributed by atoms with Gasteiger partial charge in [0.1, 0.15) is 18.1 Å². The van der Waals surface area contributed by atoms with Gasteiger partial charge in [-0.25, -0.2) is 4.79 Å². The maximum absolute atomic E-state index is 11.7. The Labute approximate surface area is 161 Å². The summed E-state index contributed by atoms with van der Waals surface area (Å²) in [6, 6.07) is 9.82. The van der Waals surface area contributed by atoms with E-state index in [1.807, 2.05) is 25.1 Å². The van der Waals surface area contributed by atoms with Crippen molar-refractivity contribution in [2.24, 2.45) is 0 Å². The van der Waals surface area contributed by atoms with Crippen molar-refractivity contribution in [2.75, 3.05) is 19.0 Å². The van der Waals surface area contributed by atoms with Gasteiger partial charge in [-0.3, -0.25) is 5.32 Å². The molecular weight excluding hydrogens is 342 g/mol. The van der Waals surface area contributed by atoms with Gasteiger partial charge in [0.05, 0.1) is 25.0 Å². The molecule has 0 atom stereocenters. The number of carbonyl (C=O) groups is 1. The second kappa shape index (κ2) is 9.86. The third-order valence-corrected chi connectivity index (χ3v) is 4.51. The van der Waals surface area contributed by atoms with Gasteiger partial charge in [0, 0.05) is 0 Å². The van der Waals surface area contributed by atoms with Crippen molar-refractivity contribution >= 4 is 11.8 Å². The van der Waals surface area contributed by atoms with Crippen LogP contribution in [0.1, 0.15) is 43.0 Å². The van der Waals surface area contributed by atoms with Gasteiger partial charge < -0.3 is 14.2 Å². The van der Waals surface area contributed by atoms with Crippen LogP contribution in [0.4, 0.5) is 10.5 Å². The minimum absolute atomic E-state index is 0.285. The van der Waals surface area contributed by atoms with Crippen molar-refractivity contribution in [3.05, 3.63) is 52.6 Å². The number of methoxy groups -OCH3 is 1. The van der Waals surface area contributed by atoms with E-state index >= 15 is 0 Å². The summed E-state index contributed by atoms with van der Waals surface area (Å²) >= 11 is 0. The van der Waals surface area contributed by atoms with Gasteiger partial charge in [-0.2, -0.15) is 0 Å². The number of ether oxygens (including phenoxy) is 3. The molecule has 0 aliphatic heterocycles. The van der Waals surface area contributed by atoms with E-state index in [4.69, 9.17) is 14.2 Å².